The van der Waals surface area contributed by atoms with Gasteiger partial charge >= 0.3 is 0 Å². The van der Waals surface area contributed by atoms with E-state index in [1.54, 1.807) is 24.3 Å². The molecule has 0 saturated carbocycles. The van der Waals surface area contributed by atoms with Crippen molar-refractivity contribution in [2.45, 2.75) is 27.7 Å². The average Bonchev–Trinajstić information content (AvgIpc) is 2.59. The van der Waals surface area contributed by atoms with E-state index in [1.165, 1.54) is 6.33 Å². The monoisotopic (exact) mass is 390 g/mol. The zero-order valence-corrected chi connectivity index (χ0v) is 16.9. The highest BCUT2D eigenvalue weighted by Gasteiger charge is 2.18. The van der Waals surface area contributed by atoms with E-state index in [2.05, 4.69) is 53.4 Å². The number of carbonyl (C=O) groups excluding carboxylic acids is 1. The summed E-state index contributed by atoms with van der Waals surface area (Å²) in [6, 6.07) is 6.67. The SMILES string of the molecule is CC(C)CN(CC(C)C)c1ncnc(NNC(=O)c2cccc(Cl)c2)c1N. The Labute approximate surface area is 165 Å². The van der Waals surface area contributed by atoms with Crippen molar-refractivity contribution >= 4 is 34.8 Å². The third kappa shape index (κ3) is 5.99. The highest BCUT2D eigenvalue weighted by Crippen LogP contribution is 2.27. The maximum absolute atomic E-state index is 12.3. The molecule has 0 radical (unpaired) electrons. The molecular weight excluding hydrogens is 364 g/mol. The van der Waals surface area contributed by atoms with Crippen molar-refractivity contribution in [1.29, 1.82) is 0 Å². The summed E-state index contributed by atoms with van der Waals surface area (Å²) in [6.07, 6.45) is 1.44. The van der Waals surface area contributed by atoms with Gasteiger partial charge < -0.3 is 10.6 Å². The summed E-state index contributed by atoms with van der Waals surface area (Å²) in [5.41, 5.74) is 12.5. The first-order valence-corrected chi connectivity index (χ1v) is 9.33. The molecule has 8 heteroatoms. The molecular formula is C19H27ClN6O. The zero-order chi connectivity index (χ0) is 20.0. The van der Waals surface area contributed by atoms with Crippen LogP contribution in [0.5, 0.6) is 0 Å². The van der Waals surface area contributed by atoms with Gasteiger partial charge in [0.2, 0.25) is 0 Å². The van der Waals surface area contributed by atoms with E-state index in [0.29, 0.717) is 39.7 Å². The number of carbonyl (C=O) groups is 1. The van der Waals surface area contributed by atoms with Gasteiger partial charge in [0.15, 0.2) is 11.6 Å². The van der Waals surface area contributed by atoms with Crippen LogP contribution in [0.2, 0.25) is 5.02 Å². The maximum Gasteiger partial charge on any atom is 0.269 e. The van der Waals surface area contributed by atoms with Crippen LogP contribution in [-0.4, -0.2) is 29.0 Å². The molecule has 0 saturated heterocycles. The first-order valence-electron chi connectivity index (χ1n) is 8.95. The summed E-state index contributed by atoms with van der Waals surface area (Å²) in [4.78, 5) is 22.9. The van der Waals surface area contributed by atoms with Crippen LogP contribution in [0.3, 0.4) is 0 Å². The quantitative estimate of drug-likeness (QED) is 0.596. The Morgan fingerprint density at radius 1 is 1.19 bits per heavy atom. The molecule has 146 valence electrons. The van der Waals surface area contributed by atoms with Crippen LogP contribution in [0.15, 0.2) is 30.6 Å². The highest BCUT2D eigenvalue weighted by atomic mass is 35.5. The second-order valence-corrected chi connectivity index (χ2v) is 7.68. The van der Waals surface area contributed by atoms with Crippen LogP contribution in [-0.2, 0) is 0 Å². The van der Waals surface area contributed by atoms with Crippen LogP contribution in [0.1, 0.15) is 38.1 Å². The van der Waals surface area contributed by atoms with Crippen molar-refractivity contribution in [2.75, 3.05) is 29.1 Å². The molecule has 7 nitrogen and oxygen atoms in total. The number of benzene rings is 1. The van der Waals surface area contributed by atoms with Gasteiger partial charge in [0.1, 0.15) is 12.0 Å². The van der Waals surface area contributed by atoms with Gasteiger partial charge in [0.25, 0.3) is 5.91 Å². The van der Waals surface area contributed by atoms with E-state index in [0.717, 1.165) is 13.1 Å². The van der Waals surface area contributed by atoms with Gasteiger partial charge in [-0.05, 0) is 30.0 Å². The molecule has 2 aromatic rings. The predicted molar refractivity (Wildman–Crippen MR) is 111 cm³/mol. The van der Waals surface area contributed by atoms with Crippen molar-refractivity contribution in [3.8, 4) is 0 Å². The van der Waals surface area contributed by atoms with E-state index in [4.69, 9.17) is 17.3 Å². The Morgan fingerprint density at radius 3 is 2.44 bits per heavy atom. The van der Waals surface area contributed by atoms with E-state index in [-0.39, 0.29) is 5.91 Å². The highest BCUT2D eigenvalue weighted by molar-refractivity contribution is 6.30. The number of halogens is 1. The number of nitrogens with one attached hydrogen (secondary N) is 2. The van der Waals surface area contributed by atoms with Gasteiger partial charge in [-0.2, -0.15) is 0 Å². The fourth-order valence-electron chi connectivity index (χ4n) is 2.68. The average molecular weight is 391 g/mol. The minimum atomic E-state index is -0.335. The number of amides is 1. The van der Waals surface area contributed by atoms with Gasteiger partial charge in [0.05, 0.1) is 0 Å². The van der Waals surface area contributed by atoms with E-state index >= 15 is 0 Å². The minimum absolute atomic E-state index is 0.335. The number of hydrogen-bond acceptors (Lipinski definition) is 6. The van der Waals surface area contributed by atoms with Gasteiger partial charge in [-0.3, -0.25) is 15.6 Å². The number of hydrogen-bond donors (Lipinski definition) is 3. The smallest absolute Gasteiger partial charge is 0.269 e. The maximum atomic E-state index is 12.3. The molecule has 1 heterocycles. The molecule has 0 aliphatic rings. The fraction of sp³-hybridized carbons (Fsp3) is 0.421. The molecule has 0 bridgehead atoms. The van der Waals surface area contributed by atoms with Crippen molar-refractivity contribution < 1.29 is 4.79 Å². The summed E-state index contributed by atoms with van der Waals surface area (Å²) in [5.74, 6) is 1.59. The Hall–Kier alpha value is -2.54. The summed E-state index contributed by atoms with van der Waals surface area (Å²) in [6.45, 7) is 10.2. The molecule has 0 aliphatic carbocycles. The van der Waals surface area contributed by atoms with Crippen molar-refractivity contribution in [2.24, 2.45) is 11.8 Å². The van der Waals surface area contributed by atoms with Gasteiger partial charge in [0, 0.05) is 23.7 Å². The topological polar surface area (TPSA) is 96.2 Å². The third-order valence-electron chi connectivity index (χ3n) is 3.71. The van der Waals surface area contributed by atoms with Gasteiger partial charge in [-0.1, -0.05) is 45.4 Å². The fourth-order valence-corrected chi connectivity index (χ4v) is 2.88. The van der Waals surface area contributed by atoms with Crippen LogP contribution >= 0.6 is 11.6 Å². The zero-order valence-electron chi connectivity index (χ0n) is 16.2. The molecule has 1 amide bonds. The Balaban J connectivity index is 2.16. The lowest BCUT2D eigenvalue weighted by Crippen LogP contribution is -2.34. The molecule has 27 heavy (non-hydrogen) atoms. The molecule has 0 fully saturated rings. The molecule has 2 rings (SSSR count). The van der Waals surface area contributed by atoms with Crippen molar-refractivity contribution in [3.63, 3.8) is 0 Å². The Bertz CT molecular complexity index is 771. The lowest BCUT2D eigenvalue weighted by molar-refractivity contribution is 0.0962. The van der Waals surface area contributed by atoms with E-state index in [1.807, 2.05) is 0 Å². The number of nitrogen functional groups attached to an aromatic ring is 1. The molecule has 0 aliphatic heterocycles. The number of nitrogens with zero attached hydrogens (tertiary/aromatic N) is 3. The Morgan fingerprint density at radius 2 is 1.85 bits per heavy atom. The van der Waals surface area contributed by atoms with E-state index < -0.39 is 0 Å². The first-order chi connectivity index (χ1) is 12.8. The van der Waals surface area contributed by atoms with Gasteiger partial charge in [-0.15, -0.1) is 0 Å². The minimum Gasteiger partial charge on any atom is -0.393 e. The van der Waals surface area contributed by atoms with Crippen LogP contribution in [0.25, 0.3) is 0 Å². The largest absolute Gasteiger partial charge is 0.393 e. The van der Waals surface area contributed by atoms with Gasteiger partial charge in [-0.25, -0.2) is 9.97 Å². The number of hydrazine groups is 1. The molecule has 1 aromatic heterocycles. The number of aromatic nitrogens is 2. The first kappa shape index (κ1) is 20.8. The predicted octanol–water partition coefficient (Wildman–Crippen LogP) is 3.59. The van der Waals surface area contributed by atoms with E-state index in [9.17, 15) is 4.79 Å². The number of nitrogens with two attached hydrogens (primary N) is 1. The van der Waals surface area contributed by atoms with Crippen LogP contribution in [0.4, 0.5) is 17.3 Å². The summed E-state index contributed by atoms with van der Waals surface area (Å²) < 4.78 is 0. The second kappa shape index (κ2) is 9.41. The molecule has 0 spiro atoms. The lowest BCUT2D eigenvalue weighted by Gasteiger charge is -2.28. The summed E-state index contributed by atoms with van der Waals surface area (Å²) >= 11 is 5.92. The Kier molecular flexibility index (Phi) is 7.24. The molecule has 1 aromatic carbocycles. The lowest BCUT2D eigenvalue weighted by atomic mass is 10.1. The van der Waals surface area contributed by atoms with Crippen LogP contribution < -0.4 is 21.5 Å². The summed E-state index contributed by atoms with van der Waals surface area (Å²) in [5, 5.41) is 0.490. The van der Waals surface area contributed by atoms with Crippen LogP contribution in [0, 0.1) is 11.8 Å². The number of anilines is 3. The normalized spacial score (nSPS) is 10.9. The number of rotatable bonds is 8. The summed E-state index contributed by atoms with van der Waals surface area (Å²) in [7, 11) is 0. The second-order valence-electron chi connectivity index (χ2n) is 7.24. The standard InChI is InChI=1S/C19H27ClN6O/c1-12(2)9-26(10-13(3)4)18-16(21)17(22-11-23-18)24-25-19(27)14-6-5-7-15(20)8-14/h5-8,11-13H,9-10,21H2,1-4H3,(H,25,27)(H,22,23,24). The van der Waals surface area contributed by atoms with Crippen molar-refractivity contribution in [1.82, 2.24) is 15.4 Å². The molecule has 0 unspecified atom stereocenters. The third-order valence-corrected chi connectivity index (χ3v) is 3.95. The molecule has 4 N–H and O–H groups in total. The molecule has 0 atom stereocenters. The van der Waals surface area contributed by atoms with Crippen molar-refractivity contribution in [3.05, 3.63) is 41.2 Å².